The summed E-state index contributed by atoms with van der Waals surface area (Å²) in [6.45, 7) is 13.9. The number of hydrogen-bond donors (Lipinski definition) is 1. The number of nitrogens with one attached hydrogen (secondary N) is 1. The number of carbonyl (C=O) groups is 1. The summed E-state index contributed by atoms with van der Waals surface area (Å²) >= 11 is 0. The summed E-state index contributed by atoms with van der Waals surface area (Å²) in [4.78, 5) is 14.4. The zero-order valence-corrected chi connectivity index (χ0v) is 14.2. The lowest BCUT2D eigenvalue weighted by Crippen LogP contribution is -2.50. The molecule has 1 N–H and O–H groups in total. The third-order valence-corrected chi connectivity index (χ3v) is 4.52. The van der Waals surface area contributed by atoms with Gasteiger partial charge in [0.1, 0.15) is 0 Å². The molecule has 1 aliphatic rings. The van der Waals surface area contributed by atoms with Crippen molar-refractivity contribution in [3.05, 3.63) is 0 Å². The van der Waals surface area contributed by atoms with Gasteiger partial charge in [-0.25, -0.2) is 0 Å². The maximum absolute atomic E-state index is 12.3. The Morgan fingerprint density at radius 2 is 2.00 bits per heavy atom. The molecule has 0 spiro atoms. The summed E-state index contributed by atoms with van der Waals surface area (Å²) in [5, 5.41) is 3.55. The minimum Gasteiger partial charge on any atom is -0.341 e. The van der Waals surface area contributed by atoms with E-state index in [9.17, 15) is 4.79 Å². The molecule has 1 saturated heterocycles. The van der Waals surface area contributed by atoms with Crippen LogP contribution < -0.4 is 5.32 Å². The second-order valence-corrected chi connectivity index (χ2v) is 7.30. The van der Waals surface area contributed by atoms with Crippen molar-refractivity contribution < 1.29 is 4.79 Å². The highest BCUT2D eigenvalue weighted by molar-refractivity contribution is 5.76. The van der Waals surface area contributed by atoms with E-state index < -0.39 is 0 Å². The van der Waals surface area contributed by atoms with E-state index in [0.29, 0.717) is 11.9 Å². The van der Waals surface area contributed by atoms with E-state index in [-0.39, 0.29) is 5.41 Å². The lowest BCUT2D eigenvalue weighted by molar-refractivity contribution is -0.131. The summed E-state index contributed by atoms with van der Waals surface area (Å²) < 4.78 is 0. The monoisotopic (exact) mass is 282 g/mol. The Morgan fingerprint density at radius 3 is 2.55 bits per heavy atom. The van der Waals surface area contributed by atoms with Crippen LogP contribution in [0.2, 0.25) is 0 Å². The Balaban J connectivity index is 2.62. The molecule has 1 rings (SSSR count). The fraction of sp³-hybridized carbons (Fsp3) is 0.941. The average molecular weight is 282 g/mol. The molecule has 0 aliphatic carbocycles. The Bertz CT molecular complexity index is 296. The summed E-state index contributed by atoms with van der Waals surface area (Å²) in [5.74, 6) is 1.11. The van der Waals surface area contributed by atoms with Crippen LogP contribution in [0.1, 0.15) is 66.7 Å². The molecule has 0 radical (unpaired) electrons. The van der Waals surface area contributed by atoms with Gasteiger partial charge in [-0.3, -0.25) is 4.79 Å². The lowest BCUT2D eigenvalue weighted by atomic mass is 9.86. The molecule has 2 unspecified atom stereocenters. The molecule has 1 aliphatic heterocycles. The van der Waals surface area contributed by atoms with Gasteiger partial charge in [0.2, 0.25) is 5.91 Å². The molecule has 2 atom stereocenters. The first-order valence-corrected chi connectivity index (χ1v) is 8.39. The minimum absolute atomic E-state index is 0.186. The Labute approximate surface area is 125 Å². The predicted octanol–water partition coefficient (Wildman–Crippen LogP) is 3.44. The summed E-state index contributed by atoms with van der Waals surface area (Å²) in [6.07, 6.45) is 5.53. The molecular formula is C17H34N2O. The molecule has 1 amide bonds. The normalized spacial score (nSPS) is 22.8. The van der Waals surface area contributed by atoms with E-state index in [2.05, 4.69) is 44.8 Å². The SMILES string of the molecule is CCCC1CCC(=O)N(CC(NCC)C(C)(C)C)CC1. The largest absolute Gasteiger partial charge is 0.341 e. The molecule has 1 fully saturated rings. The highest BCUT2D eigenvalue weighted by atomic mass is 16.2. The van der Waals surface area contributed by atoms with E-state index in [4.69, 9.17) is 0 Å². The number of likely N-dealkylation sites (tertiary alicyclic amines) is 1. The van der Waals surface area contributed by atoms with Crippen LogP contribution in [0.25, 0.3) is 0 Å². The first kappa shape index (κ1) is 17.5. The third-order valence-electron chi connectivity index (χ3n) is 4.52. The van der Waals surface area contributed by atoms with Crippen molar-refractivity contribution >= 4 is 5.91 Å². The first-order valence-electron chi connectivity index (χ1n) is 8.39. The zero-order valence-electron chi connectivity index (χ0n) is 14.2. The maximum atomic E-state index is 12.3. The van der Waals surface area contributed by atoms with Crippen LogP contribution in [0.15, 0.2) is 0 Å². The Hall–Kier alpha value is -0.570. The molecule has 20 heavy (non-hydrogen) atoms. The van der Waals surface area contributed by atoms with Gasteiger partial charge in [-0.1, -0.05) is 47.5 Å². The highest BCUT2D eigenvalue weighted by Gasteiger charge is 2.29. The van der Waals surface area contributed by atoms with Gasteiger partial charge in [-0.05, 0) is 30.7 Å². The lowest BCUT2D eigenvalue weighted by Gasteiger charge is -2.35. The van der Waals surface area contributed by atoms with Gasteiger partial charge in [0.15, 0.2) is 0 Å². The number of amides is 1. The fourth-order valence-corrected chi connectivity index (χ4v) is 3.09. The second kappa shape index (κ2) is 8.02. The van der Waals surface area contributed by atoms with Gasteiger partial charge >= 0.3 is 0 Å². The molecule has 0 bridgehead atoms. The second-order valence-electron chi connectivity index (χ2n) is 7.30. The Morgan fingerprint density at radius 1 is 1.30 bits per heavy atom. The molecular weight excluding hydrogens is 248 g/mol. The number of likely N-dealkylation sites (N-methyl/N-ethyl adjacent to an activating group) is 1. The maximum Gasteiger partial charge on any atom is 0.222 e. The van der Waals surface area contributed by atoms with E-state index in [1.165, 1.54) is 19.3 Å². The van der Waals surface area contributed by atoms with Crippen LogP contribution in [0.3, 0.4) is 0 Å². The summed E-state index contributed by atoms with van der Waals surface area (Å²) in [6, 6.07) is 0.374. The number of carbonyl (C=O) groups excluding carboxylic acids is 1. The van der Waals surface area contributed by atoms with Crippen molar-refractivity contribution in [2.45, 2.75) is 72.8 Å². The average Bonchev–Trinajstić information content (AvgIpc) is 2.52. The van der Waals surface area contributed by atoms with E-state index >= 15 is 0 Å². The number of hydrogen-bond acceptors (Lipinski definition) is 2. The predicted molar refractivity (Wildman–Crippen MR) is 85.7 cm³/mol. The summed E-state index contributed by atoms with van der Waals surface area (Å²) in [7, 11) is 0. The smallest absolute Gasteiger partial charge is 0.222 e. The van der Waals surface area contributed by atoms with Crippen molar-refractivity contribution in [1.29, 1.82) is 0 Å². The zero-order chi connectivity index (χ0) is 15.2. The van der Waals surface area contributed by atoms with E-state index in [0.717, 1.165) is 38.4 Å². The fourth-order valence-electron chi connectivity index (χ4n) is 3.09. The van der Waals surface area contributed by atoms with E-state index in [1.54, 1.807) is 0 Å². The quantitative estimate of drug-likeness (QED) is 0.809. The summed E-state index contributed by atoms with van der Waals surface area (Å²) in [5.41, 5.74) is 0.186. The van der Waals surface area contributed by atoms with Gasteiger partial charge in [-0.2, -0.15) is 0 Å². The number of rotatable bonds is 6. The van der Waals surface area contributed by atoms with E-state index in [1.807, 2.05) is 0 Å². The Kier molecular flexibility index (Phi) is 7.01. The van der Waals surface area contributed by atoms with Crippen molar-refractivity contribution in [3.63, 3.8) is 0 Å². The van der Waals surface area contributed by atoms with Gasteiger partial charge in [0, 0.05) is 25.6 Å². The molecule has 118 valence electrons. The van der Waals surface area contributed by atoms with Crippen LogP contribution in [0, 0.1) is 11.3 Å². The van der Waals surface area contributed by atoms with Gasteiger partial charge < -0.3 is 10.2 Å². The molecule has 3 heteroatoms. The van der Waals surface area contributed by atoms with Crippen molar-refractivity contribution in [2.24, 2.45) is 11.3 Å². The topological polar surface area (TPSA) is 32.3 Å². The van der Waals surface area contributed by atoms with Gasteiger partial charge in [-0.15, -0.1) is 0 Å². The van der Waals surface area contributed by atoms with Gasteiger partial charge in [0.25, 0.3) is 0 Å². The standard InChI is InChI=1S/C17H34N2O/c1-6-8-14-9-10-16(20)19(12-11-14)13-15(18-7-2)17(3,4)5/h14-15,18H,6-13H2,1-5H3. The molecule has 1 heterocycles. The van der Waals surface area contributed by atoms with Crippen LogP contribution in [-0.2, 0) is 4.79 Å². The first-order chi connectivity index (χ1) is 9.38. The van der Waals surface area contributed by atoms with Crippen molar-refractivity contribution in [3.8, 4) is 0 Å². The molecule has 0 aromatic heterocycles. The molecule has 0 aromatic rings. The van der Waals surface area contributed by atoms with Gasteiger partial charge in [0.05, 0.1) is 0 Å². The molecule has 0 aromatic carbocycles. The van der Waals surface area contributed by atoms with Crippen LogP contribution in [0.5, 0.6) is 0 Å². The van der Waals surface area contributed by atoms with Crippen molar-refractivity contribution in [1.82, 2.24) is 10.2 Å². The van der Waals surface area contributed by atoms with Crippen LogP contribution >= 0.6 is 0 Å². The van der Waals surface area contributed by atoms with Crippen molar-refractivity contribution in [2.75, 3.05) is 19.6 Å². The third kappa shape index (κ3) is 5.43. The van der Waals surface area contributed by atoms with Crippen LogP contribution in [-0.4, -0.2) is 36.5 Å². The molecule has 3 nitrogen and oxygen atoms in total. The van der Waals surface area contributed by atoms with Crippen LogP contribution in [0.4, 0.5) is 0 Å². The minimum atomic E-state index is 0.186. The highest BCUT2D eigenvalue weighted by Crippen LogP contribution is 2.25. The molecule has 0 saturated carbocycles. The number of nitrogens with zero attached hydrogens (tertiary/aromatic N) is 1.